The summed E-state index contributed by atoms with van der Waals surface area (Å²) < 4.78 is 5.60. The molecule has 0 bridgehead atoms. The zero-order chi connectivity index (χ0) is 14.8. The van der Waals surface area contributed by atoms with Crippen LogP contribution >= 0.6 is 0 Å². The maximum atomic E-state index is 12.9. The van der Waals surface area contributed by atoms with E-state index in [0.717, 1.165) is 10.8 Å². The minimum atomic E-state index is -0.0971. The fourth-order valence-corrected chi connectivity index (χ4v) is 2.67. The van der Waals surface area contributed by atoms with Crippen molar-refractivity contribution in [3.63, 3.8) is 0 Å². The lowest BCUT2D eigenvalue weighted by molar-refractivity contribution is -0.0427. The molecule has 0 spiro atoms. The quantitative estimate of drug-likeness (QED) is 0.906. The minimum absolute atomic E-state index is 0.0288. The Morgan fingerprint density at radius 2 is 2.24 bits per heavy atom. The van der Waals surface area contributed by atoms with E-state index in [9.17, 15) is 4.79 Å². The molecule has 1 saturated heterocycles. The fraction of sp³-hybridized carbons (Fsp3) is 0.375. The number of aromatic nitrogens is 1. The average Bonchev–Trinajstić information content (AvgIpc) is 2.54. The molecule has 2 N–H and O–H groups in total. The van der Waals surface area contributed by atoms with Gasteiger partial charge in [-0.25, -0.2) is 0 Å². The first-order valence-electron chi connectivity index (χ1n) is 7.17. The predicted octanol–water partition coefficient (Wildman–Crippen LogP) is 1.42. The van der Waals surface area contributed by atoms with Crippen molar-refractivity contribution in [2.45, 2.75) is 19.1 Å². The smallest absolute Gasteiger partial charge is 0.273 e. The van der Waals surface area contributed by atoms with Crippen molar-refractivity contribution in [3.05, 3.63) is 42.2 Å². The van der Waals surface area contributed by atoms with Gasteiger partial charge in [0.1, 0.15) is 5.69 Å². The molecule has 1 aliphatic heterocycles. The van der Waals surface area contributed by atoms with E-state index >= 15 is 0 Å². The summed E-state index contributed by atoms with van der Waals surface area (Å²) in [6.07, 6.45) is 1.58. The summed E-state index contributed by atoms with van der Waals surface area (Å²) >= 11 is 0. The molecule has 2 unspecified atom stereocenters. The van der Waals surface area contributed by atoms with E-state index in [2.05, 4.69) is 4.98 Å². The van der Waals surface area contributed by atoms with Crippen LogP contribution in [0.25, 0.3) is 10.8 Å². The molecule has 0 aliphatic carbocycles. The molecule has 1 amide bonds. The van der Waals surface area contributed by atoms with Crippen LogP contribution in [0.2, 0.25) is 0 Å². The molecule has 1 aromatic heterocycles. The van der Waals surface area contributed by atoms with E-state index in [1.54, 1.807) is 6.20 Å². The molecular weight excluding hydrogens is 266 g/mol. The summed E-state index contributed by atoms with van der Waals surface area (Å²) in [5.74, 6) is -0.0546. The lowest BCUT2D eigenvalue weighted by Gasteiger charge is -2.37. The fourth-order valence-electron chi connectivity index (χ4n) is 2.67. The topological polar surface area (TPSA) is 68.5 Å². The van der Waals surface area contributed by atoms with Crippen LogP contribution in [-0.2, 0) is 4.74 Å². The van der Waals surface area contributed by atoms with Gasteiger partial charge in [0, 0.05) is 24.7 Å². The Morgan fingerprint density at radius 3 is 3.05 bits per heavy atom. The molecule has 0 saturated carbocycles. The highest BCUT2D eigenvalue weighted by Gasteiger charge is 2.30. The van der Waals surface area contributed by atoms with Crippen LogP contribution < -0.4 is 5.73 Å². The molecule has 2 atom stereocenters. The normalized spacial score (nSPS) is 22.5. The molecule has 1 fully saturated rings. The minimum Gasteiger partial charge on any atom is -0.373 e. The number of benzene rings is 1. The maximum Gasteiger partial charge on any atom is 0.273 e. The predicted molar refractivity (Wildman–Crippen MR) is 81.0 cm³/mol. The van der Waals surface area contributed by atoms with Gasteiger partial charge in [-0.05, 0) is 18.4 Å². The summed E-state index contributed by atoms with van der Waals surface area (Å²) in [7, 11) is 0. The number of hydrogen-bond donors (Lipinski definition) is 1. The standard InChI is InChI=1S/C16H19N3O2/c1-11-10-21-13(8-17)9-19(11)16(20)15-14-5-3-2-4-12(14)6-7-18-15/h2-7,11,13H,8-10,17H2,1H3. The maximum absolute atomic E-state index is 12.9. The van der Waals surface area contributed by atoms with Gasteiger partial charge in [0.05, 0.1) is 18.8 Å². The summed E-state index contributed by atoms with van der Waals surface area (Å²) in [4.78, 5) is 19.0. The highest BCUT2D eigenvalue weighted by molar-refractivity contribution is 6.05. The zero-order valence-corrected chi connectivity index (χ0v) is 12.0. The lowest BCUT2D eigenvalue weighted by atomic mass is 10.1. The molecule has 1 aromatic carbocycles. The number of carbonyl (C=O) groups is 1. The van der Waals surface area contributed by atoms with Crippen molar-refractivity contribution >= 4 is 16.7 Å². The van der Waals surface area contributed by atoms with E-state index in [0.29, 0.717) is 25.4 Å². The number of nitrogens with zero attached hydrogens (tertiary/aromatic N) is 2. The Bertz CT molecular complexity index is 654. The highest BCUT2D eigenvalue weighted by Crippen LogP contribution is 2.20. The van der Waals surface area contributed by atoms with Gasteiger partial charge in [-0.3, -0.25) is 9.78 Å². The van der Waals surface area contributed by atoms with Crippen LogP contribution in [0, 0.1) is 0 Å². The average molecular weight is 285 g/mol. The number of morpholine rings is 1. The van der Waals surface area contributed by atoms with Gasteiger partial charge in [-0.15, -0.1) is 0 Å². The van der Waals surface area contributed by atoms with Crippen LogP contribution in [-0.4, -0.2) is 47.6 Å². The molecule has 21 heavy (non-hydrogen) atoms. The molecule has 5 nitrogen and oxygen atoms in total. The van der Waals surface area contributed by atoms with Gasteiger partial charge in [0.2, 0.25) is 0 Å². The Balaban J connectivity index is 1.96. The number of carbonyl (C=O) groups excluding carboxylic acids is 1. The van der Waals surface area contributed by atoms with E-state index < -0.39 is 0 Å². The van der Waals surface area contributed by atoms with E-state index in [4.69, 9.17) is 10.5 Å². The second-order valence-corrected chi connectivity index (χ2v) is 5.38. The molecule has 2 aromatic rings. The molecule has 3 rings (SSSR count). The number of fused-ring (bicyclic) bond motifs is 1. The van der Waals surface area contributed by atoms with Crippen LogP contribution in [0.15, 0.2) is 36.5 Å². The van der Waals surface area contributed by atoms with Gasteiger partial charge >= 0.3 is 0 Å². The second-order valence-electron chi connectivity index (χ2n) is 5.38. The first-order chi connectivity index (χ1) is 10.2. The largest absolute Gasteiger partial charge is 0.373 e. The second kappa shape index (κ2) is 5.79. The van der Waals surface area contributed by atoms with Gasteiger partial charge in [0.15, 0.2) is 0 Å². The van der Waals surface area contributed by atoms with Crippen LogP contribution in [0.5, 0.6) is 0 Å². The van der Waals surface area contributed by atoms with Crippen molar-refractivity contribution in [1.82, 2.24) is 9.88 Å². The van der Waals surface area contributed by atoms with Crippen molar-refractivity contribution in [2.75, 3.05) is 19.7 Å². The third-order valence-corrected chi connectivity index (χ3v) is 3.91. The number of pyridine rings is 1. The van der Waals surface area contributed by atoms with Gasteiger partial charge in [-0.1, -0.05) is 24.3 Å². The SMILES string of the molecule is CC1COC(CN)CN1C(=O)c1nccc2ccccc12. The number of hydrogen-bond acceptors (Lipinski definition) is 4. The molecular formula is C16H19N3O2. The summed E-state index contributed by atoms with van der Waals surface area (Å²) in [6.45, 7) is 3.43. The molecule has 1 aliphatic rings. The molecule has 0 radical (unpaired) electrons. The number of nitrogens with two attached hydrogens (primary N) is 1. The molecule has 2 heterocycles. The zero-order valence-electron chi connectivity index (χ0n) is 12.0. The van der Waals surface area contributed by atoms with E-state index in [1.165, 1.54) is 0 Å². The molecule has 5 heteroatoms. The Morgan fingerprint density at radius 1 is 1.43 bits per heavy atom. The lowest BCUT2D eigenvalue weighted by Crippen LogP contribution is -2.53. The van der Waals surface area contributed by atoms with Crippen molar-refractivity contribution in [2.24, 2.45) is 5.73 Å². The van der Waals surface area contributed by atoms with Gasteiger partial charge < -0.3 is 15.4 Å². The van der Waals surface area contributed by atoms with Crippen LogP contribution in [0.4, 0.5) is 0 Å². The van der Waals surface area contributed by atoms with E-state index in [-0.39, 0.29) is 18.1 Å². The van der Waals surface area contributed by atoms with Crippen molar-refractivity contribution in [3.8, 4) is 0 Å². The third kappa shape index (κ3) is 2.62. The number of rotatable bonds is 2. The Kier molecular flexibility index (Phi) is 3.86. The van der Waals surface area contributed by atoms with E-state index in [1.807, 2.05) is 42.2 Å². The monoisotopic (exact) mass is 285 g/mol. The first-order valence-corrected chi connectivity index (χ1v) is 7.17. The number of amides is 1. The van der Waals surface area contributed by atoms with Crippen molar-refractivity contribution in [1.29, 1.82) is 0 Å². The van der Waals surface area contributed by atoms with Gasteiger partial charge in [0.25, 0.3) is 5.91 Å². The van der Waals surface area contributed by atoms with Crippen LogP contribution in [0.1, 0.15) is 17.4 Å². The van der Waals surface area contributed by atoms with Crippen LogP contribution in [0.3, 0.4) is 0 Å². The Labute approximate surface area is 123 Å². The summed E-state index contributed by atoms with van der Waals surface area (Å²) in [6, 6.07) is 9.74. The highest BCUT2D eigenvalue weighted by atomic mass is 16.5. The number of ether oxygens (including phenoxy) is 1. The molecule has 110 valence electrons. The first kappa shape index (κ1) is 14.0. The van der Waals surface area contributed by atoms with Gasteiger partial charge in [-0.2, -0.15) is 0 Å². The Hall–Kier alpha value is -1.98. The van der Waals surface area contributed by atoms with Crippen molar-refractivity contribution < 1.29 is 9.53 Å². The third-order valence-electron chi connectivity index (χ3n) is 3.91. The summed E-state index contributed by atoms with van der Waals surface area (Å²) in [5, 5.41) is 1.90. The summed E-state index contributed by atoms with van der Waals surface area (Å²) in [5.41, 5.74) is 6.16.